The van der Waals surface area contributed by atoms with Crippen molar-refractivity contribution in [2.24, 2.45) is 0 Å². The summed E-state index contributed by atoms with van der Waals surface area (Å²) < 4.78 is 8.37. The van der Waals surface area contributed by atoms with Crippen molar-refractivity contribution >= 4 is 58.5 Å². The predicted molar refractivity (Wildman–Crippen MR) is 136 cm³/mol. The van der Waals surface area contributed by atoms with Gasteiger partial charge in [-0.25, -0.2) is 0 Å². The molecule has 166 valence electrons. The van der Waals surface area contributed by atoms with Crippen molar-refractivity contribution < 1.29 is 9.53 Å². The molecular weight excluding hydrogens is 497 g/mol. The van der Waals surface area contributed by atoms with E-state index in [9.17, 15) is 4.79 Å². The summed E-state index contributed by atoms with van der Waals surface area (Å²) in [5.74, 6) is 1.23. The molecule has 0 fully saturated rings. The van der Waals surface area contributed by atoms with Crippen LogP contribution in [0.2, 0.25) is 10.0 Å². The van der Waals surface area contributed by atoms with E-state index in [4.69, 9.17) is 40.2 Å². The average Bonchev–Trinajstić information content (AvgIpc) is 3.16. The zero-order valence-electron chi connectivity index (χ0n) is 17.0. The number of fused-ring (bicyclic) bond motifs is 1. The number of benzene rings is 3. The van der Waals surface area contributed by atoms with Gasteiger partial charge in [-0.1, -0.05) is 70.9 Å². The molecule has 1 aliphatic heterocycles. The zero-order valence-corrected chi connectivity index (χ0v) is 20.2. The van der Waals surface area contributed by atoms with Crippen molar-refractivity contribution in [2.45, 2.75) is 12.8 Å². The number of nitrogens with one attached hydrogen (secondary N) is 2. The smallest absolute Gasteiger partial charge is 0.267 e. The molecule has 4 aromatic rings. The third kappa shape index (κ3) is 4.50. The Labute approximate surface area is 209 Å². The second-order valence-corrected chi connectivity index (χ2v) is 9.85. The van der Waals surface area contributed by atoms with E-state index in [0.717, 1.165) is 16.8 Å². The lowest BCUT2D eigenvalue weighted by molar-refractivity contribution is 0.0939. The van der Waals surface area contributed by atoms with Crippen LogP contribution >= 0.6 is 46.8 Å². The van der Waals surface area contributed by atoms with Crippen LogP contribution in [0.15, 0.2) is 72.8 Å². The third-order valence-corrected chi connectivity index (χ3v) is 7.17. The monoisotopic (exact) mass is 513 g/mol. The van der Waals surface area contributed by atoms with Crippen molar-refractivity contribution in [3.05, 3.63) is 103 Å². The Morgan fingerprint density at radius 1 is 1.00 bits per heavy atom. The summed E-state index contributed by atoms with van der Waals surface area (Å²) in [4.78, 5) is 13.4. The first kappa shape index (κ1) is 22.0. The van der Waals surface area contributed by atoms with E-state index in [1.165, 1.54) is 11.3 Å². The fraction of sp³-hybridized carbons (Fsp3) is 0.0833. The standard InChI is InChI=1S/C24H17Cl2N3O2S2/c25-16-9-6-15(19(26)12-16)13-31-18-10-7-14(8-11-18)21-27-22-20(23(30)28-21)33-24(32)29(22)17-4-2-1-3-5-17/h1-12,21,27H,13H2,(H,28,30)/t21-/m1/s1. The van der Waals surface area contributed by atoms with Crippen molar-refractivity contribution in [1.82, 2.24) is 9.88 Å². The summed E-state index contributed by atoms with van der Waals surface area (Å²) >= 11 is 19.0. The van der Waals surface area contributed by atoms with Crippen LogP contribution < -0.4 is 15.4 Å². The minimum atomic E-state index is -0.399. The first-order chi connectivity index (χ1) is 16.0. The molecule has 1 aliphatic rings. The number of anilines is 1. The molecule has 0 unspecified atom stereocenters. The number of ether oxygens (including phenoxy) is 1. The Bertz CT molecular complexity index is 1390. The van der Waals surface area contributed by atoms with Gasteiger partial charge in [-0.05, 0) is 54.2 Å². The number of aromatic nitrogens is 1. The SMILES string of the molecule is O=C1N[C@H](c2ccc(OCc3ccc(Cl)cc3Cl)cc2)Nc2c1sc(=S)n2-c1ccccc1. The average molecular weight is 514 g/mol. The van der Waals surface area contributed by atoms with Crippen LogP contribution in [-0.2, 0) is 6.61 Å². The molecule has 0 aliphatic carbocycles. The number of carbonyl (C=O) groups excluding carboxylic acids is 1. The Morgan fingerprint density at radius 2 is 1.76 bits per heavy atom. The van der Waals surface area contributed by atoms with Gasteiger partial charge in [0, 0.05) is 21.3 Å². The number of rotatable bonds is 5. The number of para-hydroxylation sites is 1. The predicted octanol–water partition coefficient (Wildman–Crippen LogP) is 7.01. The summed E-state index contributed by atoms with van der Waals surface area (Å²) in [5.41, 5.74) is 2.65. The molecular formula is C24H17Cl2N3O2S2. The van der Waals surface area contributed by atoms with Gasteiger partial charge in [-0.3, -0.25) is 9.36 Å². The second kappa shape index (κ2) is 9.19. The molecule has 5 rings (SSSR count). The normalized spacial score (nSPS) is 14.8. The van der Waals surface area contributed by atoms with E-state index in [2.05, 4.69) is 10.6 Å². The van der Waals surface area contributed by atoms with Crippen LogP contribution in [-0.4, -0.2) is 10.5 Å². The van der Waals surface area contributed by atoms with Crippen LogP contribution in [0.25, 0.3) is 5.69 Å². The summed E-state index contributed by atoms with van der Waals surface area (Å²) in [7, 11) is 0. The quantitative estimate of drug-likeness (QED) is 0.282. The largest absolute Gasteiger partial charge is 0.489 e. The summed E-state index contributed by atoms with van der Waals surface area (Å²) in [6, 6.07) is 22.6. The number of nitrogens with zero attached hydrogens (tertiary/aromatic N) is 1. The molecule has 33 heavy (non-hydrogen) atoms. The maximum Gasteiger partial charge on any atom is 0.267 e. The molecule has 3 aromatic carbocycles. The lowest BCUT2D eigenvalue weighted by Gasteiger charge is -2.27. The van der Waals surface area contributed by atoms with Crippen LogP contribution in [0, 0.1) is 3.95 Å². The molecule has 0 saturated heterocycles. The molecule has 1 atom stereocenters. The molecule has 0 saturated carbocycles. The molecule has 2 N–H and O–H groups in total. The Kier molecular flexibility index (Phi) is 6.12. The lowest BCUT2D eigenvalue weighted by atomic mass is 10.1. The maximum atomic E-state index is 12.8. The second-order valence-electron chi connectivity index (χ2n) is 7.36. The van der Waals surface area contributed by atoms with E-state index in [1.807, 2.05) is 65.2 Å². The highest BCUT2D eigenvalue weighted by Gasteiger charge is 2.29. The molecule has 0 bridgehead atoms. The number of hydrogen-bond donors (Lipinski definition) is 2. The topological polar surface area (TPSA) is 55.3 Å². The van der Waals surface area contributed by atoms with Crippen molar-refractivity contribution in [3.63, 3.8) is 0 Å². The first-order valence-electron chi connectivity index (χ1n) is 10.0. The molecule has 9 heteroatoms. The van der Waals surface area contributed by atoms with Gasteiger partial charge in [0.05, 0.1) is 0 Å². The third-order valence-electron chi connectivity index (χ3n) is 5.21. The number of thiazole rings is 1. The molecule has 2 heterocycles. The first-order valence-corrected chi connectivity index (χ1v) is 12.0. The molecule has 5 nitrogen and oxygen atoms in total. The highest BCUT2D eigenvalue weighted by atomic mass is 35.5. The van der Waals surface area contributed by atoms with Gasteiger partial charge in [0.15, 0.2) is 3.95 Å². The van der Waals surface area contributed by atoms with Gasteiger partial charge < -0.3 is 15.4 Å². The van der Waals surface area contributed by atoms with E-state index in [0.29, 0.717) is 37.1 Å². The van der Waals surface area contributed by atoms with Crippen molar-refractivity contribution in [3.8, 4) is 11.4 Å². The Hall–Kier alpha value is -2.84. The van der Waals surface area contributed by atoms with Gasteiger partial charge in [-0.2, -0.15) is 0 Å². The van der Waals surface area contributed by atoms with Crippen molar-refractivity contribution in [1.29, 1.82) is 0 Å². The van der Waals surface area contributed by atoms with Crippen LogP contribution in [0.3, 0.4) is 0 Å². The number of halogens is 2. The Balaban J connectivity index is 1.35. The summed E-state index contributed by atoms with van der Waals surface area (Å²) in [6.07, 6.45) is -0.399. The number of hydrogen-bond acceptors (Lipinski definition) is 5. The summed E-state index contributed by atoms with van der Waals surface area (Å²) in [5, 5.41) is 7.57. The van der Waals surface area contributed by atoms with E-state index in [1.54, 1.807) is 12.1 Å². The molecule has 0 radical (unpaired) electrons. The molecule has 1 amide bonds. The summed E-state index contributed by atoms with van der Waals surface area (Å²) in [6.45, 7) is 0.324. The fourth-order valence-corrected chi connectivity index (χ4v) is 5.33. The van der Waals surface area contributed by atoms with E-state index < -0.39 is 6.17 Å². The lowest BCUT2D eigenvalue weighted by Crippen LogP contribution is -2.38. The van der Waals surface area contributed by atoms with E-state index in [-0.39, 0.29) is 5.91 Å². The zero-order chi connectivity index (χ0) is 22.9. The van der Waals surface area contributed by atoms with Crippen LogP contribution in [0.5, 0.6) is 5.75 Å². The highest BCUT2D eigenvalue weighted by molar-refractivity contribution is 7.73. The van der Waals surface area contributed by atoms with E-state index >= 15 is 0 Å². The number of amides is 1. The van der Waals surface area contributed by atoms with Crippen LogP contribution in [0.4, 0.5) is 5.82 Å². The molecule has 1 aromatic heterocycles. The fourth-order valence-electron chi connectivity index (χ4n) is 3.56. The minimum absolute atomic E-state index is 0.155. The number of carbonyl (C=O) groups is 1. The minimum Gasteiger partial charge on any atom is -0.489 e. The van der Waals surface area contributed by atoms with Gasteiger partial charge in [-0.15, -0.1) is 0 Å². The van der Waals surface area contributed by atoms with Gasteiger partial charge in [0.1, 0.15) is 29.2 Å². The van der Waals surface area contributed by atoms with Crippen molar-refractivity contribution in [2.75, 3.05) is 5.32 Å². The highest BCUT2D eigenvalue weighted by Crippen LogP contribution is 2.34. The van der Waals surface area contributed by atoms with Gasteiger partial charge in [0.25, 0.3) is 5.91 Å². The Morgan fingerprint density at radius 3 is 2.48 bits per heavy atom. The molecule has 0 spiro atoms. The van der Waals surface area contributed by atoms with Gasteiger partial charge >= 0.3 is 0 Å². The maximum absolute atomic E-state index is 12.8. The van der Waals surface area contributed by atoms with Gasteiger partial charge in [0.2, 0.25) is 0 Å². The van der Waals surface area contributed by atoms with Crippen LogP contribution in [0.1, 0.15) is 27.0 Å².